The third-order valence-electron chi connectivity index (χ3n) is 5.65. The van der Waals surface area contributed by atoms with Crippen LogP contribution in [0, 0.1) is 13.8 Å². The number of amides is 2. The number of nitrogens with zero attached hydrogens (tertiary/aromatic N) is 2. The summed E-state index contributed by atoms with van der Waals surface area (Å²) in [6.07, 6.45) is 0.475. The zero-order chi connectivity index (χ0) is 19.8. The van der Waals surface area contributed by atoms with Crippen LogP contribution in [0.4, 0.5) is 0 Å². The lowest BCUT2D eigenvalue weighted by Gasteiger charge is -2.43. The van der Waals surface area contributed by atoms with E-state index in [1.807, 2.05) is 32.0 Å². The highest BCUT2D eigenvalue weighted by molar-refractivity contribution is 7.93. The summed E-state index contributed by atoms with van der Waals surface area (Å²) in [5, 5.41) is 0. The number of likely N-dealkylation sites (tertiary alicyclic amines) is 1. The molecule has 0 unspecified atom stereocenters. The normalized spacial score (nSPS) is 21.1. The molecule has 1 aromatic rings. The van der Waals surface area contributed by atoms with Gasteiger partial charge in [0.15, 0.2) is 9.84 Å². The minimum atomic E-state index is -3.58. The molecule has 2 heterocycles. The van der Waals surface area contributed by atoms with E-state index in [4.69, 9.17) is 4.74 Å². The van der Waals surface area contributed by atoms with Crippen LogP contribution in [0.3, 0.4) is 0 Å². The van der Waals surface area contributed by atoms with Crippen LogP contribution in [0.25, 0.3) is 0 Å². The first-order valence-corrected chi connectivity index (χ1v) is 10.8. The molecule has 2 fully saturated rings. The molecule has 0 aromatic heterocycles. The standard InChI is InChI=1S/C19H26N2O5S/c1-14-4-5-16(15(2)12-14)18(23)20-8-6-19(7-9-20)21(10-11-26-3)17(22)13-27(19,24)25/h4-5,12H,6-11,13H2,1-3H3. The van der Waals surface area contributed by atoms with Gasteiger partial charge in [-0.15, -0.1) is 0 Å². The summed E-state index contributed by atoms with van der Waals surface area (Å²) in [4.78, 5) is 27.1. The van der Waals surface area contributed by atoms with E-state index in [-0.39, 0.29) is 37.8 Å². The quantitative estimate of drug-likeness (QED) is 0.765. The maximum absolute atomic E-state index is 12.9. The number of carbonyl (C=O) groups is 2. The van der Waals surface area contributed by atoms with Gasteiger partial charge < -0.3 is 14.5 Å². The van der Waals surface area contributed by atoms with E-state index in [1.54, 1.807) is 4.90 Å². The van der Waals surface area contributed by atoms with Crippen LogP contribution in [-0.4, -0.2) is 74.0 Å². The molecule has 8 heteroatoms. The number of hydrogen-bond acceptors (Lipinski definition) is 5. The van der Waals surface area contributed by atoms with Crippen LogP contribution < -0.4 is 0 Å². The van der Waals surface area contributed by atoms with Crippen molar-refractivity contribution in [2.75, 3.05) is 39.1 Å². The van der Waals surface area contributed by atoms with E-state index >= 15 is 0 Å². The van der Waals surface area contributed by atoms with Crippen molar-refractivity contribution in [2.45, 2.75) is 31.6 Å². The molecule has 2 aliphatic rings. The van der Waals surface area contributed by atoms with Crippen molar-refractivity contribution in [1.29, 1.82) is 0 Å². The fourth-order valence-electron chi connectivity index (χ4n) is 4.15. The predicted molar refractivity (Wildman–Crippen MR) is 101 cm³/mol. The summed E-state index contributed by atoms with van der Waals surface area (Å²) in [5.41, 5.74) is 2.63. The number of methoxy groups -OCH3 is 1. The second kappa shape index (κ2) is 7.24. The molecule has 1 aromatic carbocycles. The summed E-state index contributed by atoms with van der Waals surface area (Å²) in [7, 11) is -2.06. The summed E-state index contributed by atoms with van der Waals surface area (Å²) in [5.74, 6) is -0.921. The number of sulfone groups is 1. The fraction of sp³-hybridized carbons (Fsp3) is 0.579. The summed E-state index contributed by atoms with van der Waals surface area (Å²) in [6, 6.07) is 5.68. The summed E-state index contributed by atoms with van der Waals surface area (Å²) in [6.45, 7) is 5.03. The van der Waals surface area contributed by atoms with E-state index in [1.165, 1.54) is 12.0 Å². The third kappa shape index (κ3) is 3.36. The van der Waals surface area contributed by atoms with Crippen LogP contribution >= 0.6 is 0 Å². The van der Waals surface area contributed by atoms with Gasteiger partial charge in [-0.3, -0.25) is 9.59 Å². The Hall–Kier alpha value is -1.93. The molecule has 3 rings (SSSR count). The molecule has 0 N–H and O–H groups in total. The van der Waals surface area contributed by atoms with Gasteiger partial charge in [-0.05, 0) is 25.5 Å². The summed E-state index contributed by atoms with van der Waals surface area (Å²) >= 11 is 0. The molecule has 7 nitrogen and oxygen atoms in total. The Bertz CT molecular complexity index is 857. The Labute approximate surface area is 160 Å². The first-order chi connectivity index (χ1) is 12.7. The van der Waals surface area contributed by atoms with Crippen LogP contribution in [0.5, 0.6) is 0 Å². The average Bonchev–Trinajstić information content (AvgIpc) is 2.78. The number of carbonyl (C=O) groups excluding carboxylic acids is 2. The Morgan fingerprint density at radius 2 is 1.89 bits per heavy atom. The largest absolute Gasteiger partial charge is 0.383 e. The third-order valence-corrected chi connectivity index (χ3v) is 8.06. The average molecular weight is 394 g/mol. The molecule has 0 saturated carbocycles. The zero-order valence-electron chi connectivity index (χ0n) is 16.0. The van der Waals surface area contributed by atoms with Gasteiger partial charge in [-0.25, -0.2) is 8.42 Å². The van der Waals surface area contributed by atoms with Gasteiger partial charge in [0, 0.05) is 45.1 Å². The Morgan fingerprint density at radius 3 is 2.48 bits per heavy atom. The van der Waals surface area contributed by atoms with Crippen LogP contribution in [0.2, 0.25) is 0 Å². The van der Waals surface area contributed by atoms with Gasteiger partial charge in [0.05, 0.1) is 6.61 Å². The molecule has 0 aliphatic carbocycles. The van der Waals surface area contributed by atoms with Gasteiger partial charge in [0.25, 0.3) is 5.91 Å². The number of aryl methyl sites for hydroxylation is 2. The number of rotatable bonds is 4. The second-order valence-corrected chi connectivity index (χ2v) is 9.63. The number of hydrogen-bond donors (Lipinski definition) is 0. The number of piperidine rings is 1. The second-order valence-electron chi connectivity index (χ2n) is 7.35. The van der Waals surface area contributed by atoms with Gasteiger partial charge in [-0.1, -0.05) is 17.7 Å². The highest BCUT2D eigenvalue weighted by Crippen LogP contribution is 2.40. The van der Waals surface area contributed by atoms with Crippen molar-refractivity contribution in [3.05, 3.63) is 34.9 Å². The Balaban J connectivity index is 1.80. The molecule has 0 atom stereocenters. The molecule has 2 saturated heterocycles. The fourth-order valence-corrected chi connectivity index (χ4v) is 6.23. The Kier molecular flexibility index (Phi) is 5.31. The van der Waals surface area contributed by atoms with Gasteiger partial charge in [0.2, 0.25) is 5.91 Å². The molecular weight excluding hydrogens is 368 g/mol. The van der Waals surface area contributed by atoms with E-state index in [0.717, 1.165) is 11.1 Å². The maximum Gasteiger partial charge on any atom is 0.254 e. The molecule has 2 aliphatic heterocycles. The summed E-state index contributed by atoms with van der Waals surface area (Å²) < 4.78 is 30.5. The van der Waals surface area contributed by atoms with Crippen molar-refractivity contribution < 1.29 is 22.7 Å². The molecule has 27 heavy (non-hydrogen) atoms. The Morgan fingerprint density at radius 1 is 1.22 bits per heavy atom. The number of ether oxygens (including phenoxy) is 1. The molecule has 1 spiro atoms. The van der Waals surface area contributed by atoms with E-state index < -0.39 is 20.5 Å². The lowest BCUT2D eigenvalue weighted by atomic mass is 9.99. The molecule has 0 bridgehead atoms. The van der Waals surface area contributed by atoms with E-state index in [9.17, 15) is 18.0 Å². The van der Waals surface area contributed by atoms with Crippen molar-refractivity contribution in [3.63, 3.8) is 0 Å². The minimum Gasteiger partial charge on any atom is -0.383 e. The van der Waals surface area contributed by atoms with E-state index in [2.05, 4.69) is 0 Å². The van der Waals surface area contributed by atoms with Gasteiger partial charge >= 0.3 is 0 Å². The van der Waals surface area contributed by atoms with Gasteiger partial charge in [-0.2, -0.15) is 0 Å². The highest BCUT2D eigenvalue weighted by Gasteiger charge is 2.58. The predicted octanol–water partition coefficient (Wildman–Crippen LogP) is 1.14. The highest BCUT2D eigenvalue weighted by atomic mass is 32.2. The molecule has 148 valence electrons. The van der Waals surface area contributed by atoms with Crippen LogP contribution in [0.1, 0.15) is 34.3 Å². The van der Waals surface area contributed by atoms with Crippen LogP contribution in [-0.2, 0) is 19.4 Å². The van der Waals surface area contributed by atoms with Crippen molar-refractivity contribution in [1.82, 2.24) is 9.80 Å². The lowest BCUT2D eigenvalue weighted by molar-refractivity contribution is -0.131. The number of benzene rings is 1. The topological polar surface area (TPSA) is 84.0 Å². The first kappa shape index (κ1) is 19.8. The monoisotopic (exact) mass is 394 g/mol. The molecule has 0 radical (unpaired) electrons. The SMILES string of the molecule is COCCN1C(=O)CS(=O)(=O)C12CCN(C(=O)c1ccc(C)cc1C)CC2. The lowest BCUT2D eigenvalue weighted by Crippen LogP contribution is -2.57. The van der Waals surface area contributed by atoms with Crippen molar-refractivity contribution in [2.24, 2.45) is 0 Å². The van der Waals surface area contributed by atoms with Gasteiger partial charge in [0.1, 0.15) is 10.6 Å². The van der Waals surface area contributed by atoms with Crippen LogP contribution in [0.15, 0.2) is 18.2 Å². The van der Waals surface area contributed by atoms with Crippen molar-refractivity contribution >= 4 is 21.7 Å². The smallest absolute Gasteiger partial charge is 0.254 e. The zero-order valence-corrected chi connectivity index (χ0v) is 16.8. The molecule has 2 amide bonds. The first-order valence-electron chi connectivity index (χ1n) is 9.10. The van der Waals surface area contributed by atoms with Crippen molar-refractivity contribution in [3.8, 4) is 0 Å². The maximum atomic E-state index is 12.9. The van der Waals surface area contributed by atoms with E-state index in [0.29, 0.717) is 18.7 Å². The minimum absolute atomic E-state index is 0.0903. The molecular formula is C19H26N2O5S.